The number of rotatable bonds is 3. The number of aromatic nitrogens is 2. The molecular weight excluding hydrogens is 210 g/mol. The fourth-order valence-corrected chi connectivity index (χ4v) is 1.99. The van der Waals surface area contributed by atoms with Gasteiger partial charge in [0, 0.05) is 18.4 Å². The topological polar surface area (TPSA) is 29.9 Å². The van der Waals surface area contributed by atoms with Crippen LogP contribution in [0.2, 0.25) is 0 Å². The lowest BCUT2D eigenvalue weighted by Crippen LogP contribution is -2.08. The molecule has 0 spiro atoms. The van der Waals surface area contributed by atoms with Crippen LogP contribution in [0.5, 0.6) is 0 Å². The molecule has 0 saturated heterocycles. The van der Waals surface area contributed by atoms with E-state index in [1.807, 2.05) is 12.4 Å². The van der Waals surface area contributed by atoms with Crippen molar-refractivity contribution < 1.29 is 0 Å². The molecule has 1 aliphatic carbocycles. The number of nitrogens with zero attached hydrogens (tertiary/aromatic N) is 2. The van der Waals surface area contributed by atoms with Crippen LogP contribution in [0.1, 0.15) is 24.0 Å². The van der Waals surface area contributed by atoms with Gasteiger partial charge in [-0.25, -0.2) is 4.98 Å². The average molecular weight is 227 g/mol. The number of anilines is 1. The van der Waals surface area contributed by atoms with Crippen LogP contribution in [0.3, 0.4) is 0 Å². The van der Waals surface area contributed by atoms with Gasteiger partial charge in [-0.2, -0.15) is 0 Å². The van der Waals surface area contributed by atoms with Gasteiger partial charge in [0.2, 0.25) is 5.95 Å². The summed E-state index contributed by atoms with van der Waals surface area (Å²) in [5.74, 6) is 0.959. The first kappa shape index (κ1) is 10.4. The smallest absolute Gasteiger partial charge is 0.207 e. The monoisotopic (exact) mass is 227 g/mol. The van der Waals surface area contributed by atoms with Crippen LogP contribution < -0.4 is 5.32 Å². The Balaban J connectivity index is 2.01. The molecule has 3 heteroatoms. The minimum Gasteiger partial charge on any atom is -0.353 e. The SMILES string of the molecule is Cc1ccc(C)c(-n2ccnc2NC2CC2)c1. The minimum absolute atomic E-state index is 0.626. The third-order valence-electron chi connectivity index (χ3n) is 3.18. The van der Waals surface area contributed by atoms with E-state index in [0.29, 0.717) is 6.04 Å². The summed E-state index contributed by atoms with van der Waals surface area (Å²) in [6.07, 6.45) is 6.40. The summed E-state index contributed by atoms with van der Waals surface area (Å²) in [5, 5.41) is 3.46. The predicted molar refractivity (Wildman–Crippen MR) is 69.7 cm³/mol. The van der Waals surface area contributed by atoms with Crippen molar-refractivity contribution in [3.63, 3.8) is 0 Å². The number of imidazole rings is 1. The van der Waals surface area contributed by atoms with E-state index in [-0.39, 0.29) is 0 Å². The molecular formula is C14H17N3. The van der Waals surface area contributed by atoms with E-state index < -0.39 is 0 Å². The second-order valence-electron chi connectivity index (χ2n) is 4.83. The third kappa shape index (κ3) is 2.05. The molecule has 1 fully saturated rings. The zero-order chi connectivity index (χ0) is 11.8. The molecule has 88 valence electrons. The van der Waals surface area contributed by atoms with E-state index in [2.05, 4.69) is 46.9 Å². The van der Waals surface area contributed by atoms with Crippen molar-refractivity contribution in [2.45, 2.75) is 32.7 Å². The Morgan fingerprint density at radius 3 is 2.88 bits per heavy atom. The highest BCUT2D eigenvalue weighted by atomic mass is 15.2. The second kappa shape index (κ2) is 3.91. The maximum absolute atomic E-state index is 4.40. The Morgan fingerprint density at radius 2 is 2.12 bits per heavy atom. The molecule has 3 nitrogen and oxygen atoms in total. The van der Waals surface area contributed by atoms with Gasteiger partial charge in [-0.15, -0.1) is 0 Å². The Kier molecular flexibility index (Phi) is 2.39. The summed E-state index contributed by atoms with van der Waals surface area (Å²) >= 11 is 0. The number of nitrogens with one attached hydrogen (secondary N) is 1. The Bertz CT molecular complexity index is 538. The van der Waals surface area contributed by atoms with Crippen LogP contribution in [-0.4, -0.2) is 15.6 Å². The number of aryl methyl sites for hydroxylation is 2. The van der Waals surface area contributed by atoms with Crippen molar-refractivity contribution in [2.75, 3.05) is 5.32 Å². The van der Waals surface area contributed by atoms with Crippen LogP contribution in [-0.2, 0) is 0 Å². The van der Waals surface area contributed by atoms with E-state index in [9.17, 15) is 0 Å². The molecule has 1 aromatic heterocycles. The second-order valence-corrected chi connectivity index (χ2v) is 4.83. The molecule has 1 aliphatic rings. The first-order valence-corrected chi connectivity index (χ1v) is 6.11. The molecule has 0 unspecified atom stereocenters. The Labute approximate surface area is 101 Å². The highest BCUT2D eigenvalue weighted by Crippen LogP contribution is 2.26. The van der Waals surface area contributed by atoms with E-state index in [4.69, 9.17) is 0 Å². The molecule has 0 radical (unpaired) electrons. The molecule has 17 heavy (non-hydrogen) atoms. The maximum atomic E-state index is 4.40. The van der Waals surface area contributed by atoms with Gasteiger partial charge in [-0.3, -0.25) is 4.57 Å². The summed E-state index contributed by atoms with van der Waals surface area (Å²) < 4.78 is 2.14. The molecule has 1 N–H and O–H groups in total. The van der Waals surface area contributed by atoms with Crippen molar-refractivity contribution in [1.82, 2.24) is 9.55 Å². The predicted octanol–water partition coefficient (Wildman–Crippen LogP) is 3.06. The lowest BCUT2D eigenvalue weighted by molar-refractivity contribution is 0.992. The van der Waals surface area contributed by atoms with Crippen molar-refractivity contribution in [3.05, 3.63) is 41.7 Å². The summed E-state index contributed by atoms with van der Waals surface area (Å²) in [6, 6.07) is 7.13. The van der Waals surface area contributed by atoms with Gasteiger partial charge in [0.1, 0.15) is 0 Å². The normalized spacial score (nSPS) is 14.9. The molecule has 1 saturated carbocycles. The molecule has 3 rings (SSSR count). The zero-order valence-corrected chi connectivity index (χ0v) is 10.3. The van der Waals surface area contributed by atoms with Gasteiger partial charge in [0.05, 0.1) is 5.69 Å². The average Bonchev–Trinajstić information content (AvgIpc) is 3.00. The molecule has 2 aromatic rings. The minimum atomic E-state index is 0.626. The quantitative estimate of drug-likeness (QED) is 0.873. The van der Waals surface area contributed by atoms with Gasteiger partial charge >= 0.3 is 0 Å². The first-order valence-electron chi connectivity index (χ1n) is 6.11. The van der Waals surface area contributed by atoms with Crippen molar-refractivity contribution >= 4 is 5.95 Å². The highest BCUT2D eigenvalue weighted by Gasteiger charge is 2.22. The third-order valence-corrected chi connectivity index (χ3v) is 3.18. The fraction of sp³-hybridized carbons (Fsp3) is 0.357. The summed E-state index contributed by atoms with van der Waals surface area (Å²) in [7, 11) is 0. The van der Waals surface area contributed by atoms with Gasteiger partial charge in [0.25, 0.3) is 0 Å². The van der Waals surface area contributed by atoms with Crippen LogP contribution in [0.25, 0.3) is 5.69 Å². The zero-order valence-electron chi connectivity index (χ0n) is 10.3. The number of hydrogen-bond donors (Lipinski definition) is 1. The Hall–Kier alpha value is -1.77. The summed E-state index contributed by atoms with van der Waals surface area (Å²) in [6.45, 7) is 4.25. The fourth-order valence-electron chi connectivity index (χ4n) is 1.99. The van der Waals surface area contributed by atoms with Gasteiger partial charge in [-0.05, 0) is 43.9 Å². The standard InChI is InChI=1S/C14H17N3/c1-10-3-4-11(2)13(9-10)17-8-7-15-14(17)16-12-5-6-12/h3-4,7-9,12H,5-6H2,1-2H3,(H,15,16). The lowest BCUT2D eigenvalue weighted by Gasteiger charge is -2.12. The molecule has 0 atom stereocenters. The van der Waals surface area contributed by atoms with E-state index in [1.165, 1.54) is 29.7 Å². The van der Waals surface area contributed by atoms with Crippen molar-refractivity contribution in [3.8, 4) is 5.69 Å². The number of hydrogen-bond acceptors (Lipinski definition) is 2. The summed E-state index contributed by atoms with van der Waals surface area (Å²) in [4.78, 5) is 4.40. The molecule has 1 aromatic carbocycles. The van der Waals surface area contributed by atoms with E-state index in [0.717, 1.165) is 5.95 Å². The largest absolute Gasteiger partial charge is 0.353 e. The molecule has 0 bridgehead atoms. The maximum Gasteiger partial charge on any atom is 0.207 e. The van der Waals surface area contributed by atoms with Crippen molar-refractivity contribution in [1.29, 1.82) is 0 Å². The van der Waals surface area contributed by atoms with Gasteiger partial charge in [-0.1, -0.05) is 12.1 Å². The van der Waals surface area contributed by atoms with Crippen molar-refractivity contribution in [2.24, 2.45) is 0 Å². The lowest BCUT2D eigenvalue weighted by atomic mass is 10.1. The molecule has 1 heterocycles. The molecule has 0 amide bonds. The molecule has 0 aliphatic heterocycles. The van der Waals surface area contributed by atoms with Crippen LogP contribution in [0, 0.1) is 13.8 Å². The van der Waals surface area contributed by atoms with Gasteiger partial charge < -0.3 is 5.32 Å². The van der Waals surface area contributed by atoms with E-state index >= 15 is 0 Å². The van der Waals surface area contributed by atoms with E-state index in [1.54, 1.807) is 0 Å². The van der Waals surface area contributed by atoms with Gasteiger partial charge in [0.15, 0.2) is 0 Å². The van der Waals surface area contributed by atoms with Crippen LogP contribution >= 0.6 is 0 Å². The summed E-state index contributed by atoms with van der Waals surface area (Å²) in [5.41, 5.74) is 3.76. The first-order chi connectivity index (χ1) is 8.24. The van der Waals surface area contributed by atoms with Crippen LogP contribution in [0.4, 0.5) is 5.95 Å². The van der Waals surface area contributed by atoms with Crippen LogP contribution in [0.15, 0.2) is 30.6 Å². The Morgan fingerprint density at radius 1 is 1.29 bits per heavy atom. The highest BCUT2D eigenvalue weighted by molar-refractivity contribution is 5.49. The number of benzene rings is 1.